The molecule has 3 aromatic rings. The number of carboxylic acid groups (broad SMARTS) is 1. The van der Waals surface area contributed by atoms with Crippen LogP contribution in [0, 0.1) is 0 Å². The third-order valence-corrected chi connectivity index (χ3v) is 7.30. The molecule has 3 aromatic carbocycles. The zero-order chi connectivity index (χ0) is 32.3. The van der Waals surface area contributed by atoms with Crippen molar-refractivity contribution in [3.8, 4) is 23.0 Å². The predicted octanol–water partition coefficient (Wildman–Crippen LogP) is 9.30. The van der Waals surface area contributed by atoms with Gasteiger partial charge in [0, 0.05) is 0 Å². The lowest BCUT2D eigenvalue weighted by Crippen LogP contribution is -2.11. The van der Waals surface area contributed by atoms with E-state index in [1.165, 1.54) is 99.9 Å². The first-order valence-corrected chi connectivity index (χ1v) is 16.2. The summed E-state index contributed by atoms with van der Waals surface area (Å²) in [7, 11) is 0. The molecule has 242 valence electrons. The molecule has 1 N–H and O–H groups in total. The number of benzene rings is 3. The van der Waals surface area contributed by atoms with Crippen LogP contribution in [0.25, 0.3) is 0 Å². The van der Waals surface area contributed by atoms with Crippen molar-refractivity contribution in [2.45, 2.75) is 90.9 Å². The number of carbonyl (C=O) groups is 3. The van der Waals surface area contributed by atoms with Gasteiger partial charge in [-0.05, 0) is 79.6 Å². The minimum atomic E-state index is -1.07. The zero-order valence-electron chi connectivity index (χ0n) is 26.6. The van der Waals surface area contributed by atoms with E-state index in [0.717, 1.165) is 25.7 Å². The van der Waals surface area contributed by atoms with Crippen LogP contribution in [0.2, 0.25) is 0 Å². The summed E-state index contributed by atoms with van der Waals surface area (Å²) in [5, 5.41) is 9.01. The molecule has 0 fully saturated rings. The van der Waals surface area contributed by atoms with Gasteiger partial charge in [-0.2, -0.15) is 0 Å². The molecule has 0 atom stereocenters. The monoisotopic (exact) mass is 618 g/mol. The lowest BCUT2D eigenvalue weighted by molar-refractivity contribution is 0.0694. The number of carboxylic acids is 1. The Bertz CT molecular complexity index is 1330. The molecule has 8 heteroatoms. The highest BCUT2D eigenvalue weighted by Gasteiger charge is 2.16. The maximum absolute atomic E-state index is 13.0. The first-order valence-electron chi connectivity index (χ1n) is 16.2. The standard InChI is InChI=1S/C37H46O8/c1-3-5-7-9-11-13-25-42-33-24-19-30(27-34(33)43-26-14-12-10-8-6-4-2)37(41)45-32-22-17-29(18-23-32)36(40)44-31-20-15-28(16-21-31)35(38)39/h15-24,27H,3-14,25-26H2,1-2H3,(H,38,39). The Morgan fingerprint density at radius 1 is 0.511 bits per heavy atom. The molecule has 0 unspecified atom stereocenters. The summed E-state index contributed by atoms with van der Waals surface area (Å²) in [6, 6.07) is 16.6. The van der Waals surface area contributed by atoms with Crippen molar-refractivity contribution in [2.24, 2.45) is 0 Å². The van der Waals surface area contributed by atoms with Crippen LogP contribution in [-0.4, -0.2) is 36.2 Å². The molecule has 0 saturated carbocycles. The van der Waals surface area contributed by atoms with Crippen molar-refractivity contribution in [1.29, 1.82) is 0 Å². The second kappa shape index (κ2) is 19.8. The average molecular weight is 619 g/mol. The van der Waals surface area contributed by atoms with Crippen molar-refractivity contribution < 1.29 is 38.4 Å². The smallest absolute Gasteiger partial charge is 0.343 e. The Hall–Kier alpha value is -4.33. The minimum Gasteiger partial charge on any atom is -0.490 e. The minimum absolute atomic E-state index is 0.0905. The lowest BCUT2D eigenvalue weighted by atomic mass is 10.1. The highest BCUT2D eigenvalue weighted by atomic mass is 16.5. The van der Waals surface area contributed by atoms with Gasteiger partial charge in [0.25, 0.3) is 0 Å². The Morgan fingerprint density at radius 3 is 1.44 bits per heavy atom. The summed E-state index contributed by atoms with van der Waals surface area (Å²) >= 11 is 0. The number of ether oxygens (including phenoxy) is 4. The van der Waals surface area contributed by atoms with Crippen molar-refractivity contribution in [1.82, 2.24) is 0 Å². The number of unbranched alkanes of at least 4 members (excludes halogenated alkanes) is 10. The fourth-order valence-corrected chi connectivity index (χ4v) is 4.65. The maximum atomic E-state index is 13.0. The molecule has 0 aliphatic rings. The second-order valence-electron chi connectivity index (χ2n) is 11.0. The summed E-state index contributed by atoms with van der Waals surface area (Å²) in [6.07, 6.45) is 13.9. The Morgan fingerprint density at radius 2 is 0.933 bits per heavy atom. The van der Waals surface area contributed by atoms with Crippen LogP contribution in [-0.2, 0) is 0 Å². The molecule has 8 nitrogen and oxygen atoms in total. The summed E-state index contributed by atoms with van der Waals surface area (Å²) in [4.78, 5) is 36.5. The lowest BCUT2D eigenvalue weighted by Gasteiger charge is -2.14. The second-order valence-corrected chi connectivity index (χ2v) is 11.0. The predicted molar refractivity (Wildman–Crippen MR) is 174 cm³/mol. The van der Waals surface area contributed by atoms with E-state index >= 15 is 0 Å². The largest absolute Gasteiger partial charge is 0.490 e. The molecule has 0 aliphatic heterocycles. The number of rotatable bonds is 21. The van der Waals surface area contributed by atoms with Crippen LogP contribution in [0.1, 0.15) is 122 Å². The van der Waals surface area contributed by atoms with Crippen molar-refractivity contribution >= 4 is 17.9 Å². The molecular weight excluding hydrogens is 572 g/mol. The maximum Gasteiger partial charge on any atom is 0.343 e. The number of aromatic carboxylic acids is 1. The van der Waals surface area contributed by atoms with Crippen molar-refractivity contribution in [2.75, 3.05) is 13.2 Å². The molecule has 0 heterocycles. The quantitative estimate of drug-likeness (QED) is 0.0715. The zero-order valence-corrected chi connectivity index (χ0v) is 26.6. The Labute approximate surface area is 266 Å². The van der Waals surface area contributed by atoms with Crippen LogP contribution < -0.4 is 18.9 Å². The van der Waals surface area contributed by atoms with Crippen molar-refractivity contribution in [3.63, 3.8) is 0 Å². The first kappa shape index (κ1) is 35.2. The first-order chi connectivity index (χ1) is 21.9. The van der Waals surface area contributed by atoms with E-state index in [1.54, 1.807) is 18.2 Å². The average Bonchev–Trinajstić information content (AvgIpc) is 3.04. The van der Waals surface area contributed by atoms with E-state index in [4.69, 9.17) is 24.1 Å². The summed E-state index contributed by atoms with van der Waals surface area (Å²) in [5.74, 6) is -0.627. The molecular formula is C37H46O8. The van der Waals surface area contributed by atoms with Gasteiger partial charge in [0.05, 0.1) is 29.9 Å². The Kier molecular flexibility index (Phi) is 15.5. The van der Waals surface area contributed by atoms with E-state index in [0.29, 0.717) is 30.3 Å². The van der Waals surface area contributed by atoms with Gasteiger partial charge in [-0.25, -0.2) is 14.4 Å². The van der Waals surface area contributed by atoms with Crippen LogP contribution >= 0.6 is 0 Å². The molecule has 0 saturated heterocycles. The van der Waals surface area contributed by atoms with E-state index < -0.39 is 17.9 Å². The van der Waals surface area contributed by atoms with Crippen molar-refractivity contribution in [3.05, 3.63) is 83.4 Å². The van der Waals surface area contributed by atoms with Crippen LogP contribution in [0.5, 0.6) is 23.0 Å². The molecule has 45 heavy (non-hydrogen) atoms. The summed E-state index contributed by atoms with van der Waals surface area (Å²) in [5.41, 5.74) is 0.662. The van der Waals surface area contributed by atoms with Crippen LogP contribution in [0.15, 0.2) is 66.7 Å². The van der Waals surface area contributed by atoms with Gasteiger partial charge in [0.15, 0.2) is 11.5 Å². The van der Waals surface area contributed by atoms with E-state index in [1.807, 2.05) is 0 Å². The highest BCUT2D eigenvalue weighted by molar-refractivity contribution is 5.93. The van der Waals surface area contributed by atoms with Gasteiger partial charge >= 0.3 is 17.9 Å². The fraction of sp³-hybridized carbons (Fsp3) is 0.432. The topological polar surface area (TPSA) is 108 Å². The molecule has 0 radical (unpaired) electrons. The van der Waals surface area contributed by atoms with E-state index in [2.05, 4.69) is 13.8 Å². The van der Waals surface area contributed by atoms with Gasteiger partial charge < -0.3 is 24.1 Å². The molecule has 0 bridgehead atoms. The molecule has 3 rings (SSSR count). The Balaban J connectivity index is 1.58. The molecule has 0 spiro atoms. The van der Waals surface area contributed by atoms with Gasteiger partial charge in [0.1, 0.15) is 11.5 Å². The molecule has 0 amide bonds. The number of carbonyl (C=O) groups excluding carboxylic acids is 2. The highest BCUT2D eigenvalue weighted by Crippen LogP contribution is 2.30. The SMILES string of the molecule is CCCCCCCCOc1ccc(C(=O)Oc2ccc(C(=O)Oc3ccc(C(=O)O)cc3)cc2)cc1OCCCCCCCC. The third-order valence-electron chi connectivity index (χ3n) is 7.30. The summed E-state index contributed by atoms with van der Waals surface area (Å²) < 4.78 is 23.0. The molecule has 0 aliphatic carbocycles. The van der Waals surface area contributed by atoms with Gasteiger partial charge in [-0.15, -0.1) is 0 Å². The summed E-state index contributed by atoms with van der Waals surface area (Å²) in [6.45, 7) is 5.54. The fourth-order valence-electron chi connectivity index (χ4n) is 4.65. The van der Waals surface area contributed by atoms with Gasteiger partial charge in [0.2, 0.25) is 0 Å². The van der Waals surface area contributed by atoms with E-state index in [-0.39, 0.29) is 22.6 Å². The molecule has 0 aromatic heterocycles. The van der Waals surface area contributed by atoms with Crippen LogP contribution in [0.4, 0.5) is 0 Å². The van der Waals surface area contributed by atoms with Gasteiger partial charge in [-0.3, -0.25) is 0 Å². The van der Waals surface area contributed by atoms with Gasteiger partial charge in [-0.1, -0.05) is 78.1 Å². The number of hydrogen-bond donors (Lipinski definition) is 1. The normalized spacial score (nSPS) is 10.7. The van der Waals surface area contributed by atoms with E-state index in [9.17, 15) is 14.4 Å². The van der Waals surface area contributed by atoms with Crippen LogP contribution in [0.3, 0.4) is 0 Å². The number of esters is 2. The third kappa shape index (κ3) is 12.7. The number of hydrogen-bond acceptors (Lipinski definition) is 7.